The first-order chi connectivity index (χ1) is 6.29. The van der Waals surface area contributed by atoms with E-state index in [1.165, 1.54) is 0 Å². The Morgan fingerprint density at radius 1 is 1.46 bits per heavy atom. The van der Waals surface area contributed by atoms with Gasteiger partial charge in [-0.15, -0.1) is 0 Å². The number of nitrogens with two attached hydrogens (primary N) is 1. The normalized spacial score (nSPS) is 10.2. The molecule has 0 fully saturated rings. The van der Waals surface area contributed by atoms with Crippen LogP contribution in [0.15, 0.2) is 30.5 Å². The number of carbonyl (C=O) groups is 1. The van der Waals surface area contributed by atoms with E-state index in [0.29, 0.717) is 10.9 Å². The zero-order valence-electron chi connectivity index (χ0n) is 6.82. The van der Waals surface area contributed by atoms with Crippen LogP contribution in [0.2, 0.25) is 0 Å². The van der Waals surface area contributed by atoms with Crippen molar-refractivity contribution in [2.45, 2.75) is 0 Å². The van der Waals surface area contributed by atoms with E-state index in [2.05, 4.69) is 11.1 Å². The fourth-order valence-corrected chi connectivity index (χ4v) is 1.24. The molecule has 0 aliphatic carbocycles. The van der Waals surface area contributed by atoms with Crippen molar-refractivity contribution < 1.29 is 4.79 Å². The minimum Gasteiger partial charge on any atom is -0.366 e. The molecule has 0 bridgehead atoms. The number of fused-ring (bicyclic) bond motifs is 1. The van der Waals surface area contributed by atoms with Gasteiger partial charge in [-0.1, -0.05) is 6.07 Å². The first-order valence-electron chi connectivity index (χ1n) is 3.84. The summed E-state index contributed by atoms with van der Waals surface area (Å²) in [5, 5.41) is 0.678. The molecule has 0 saturated heterocycles. The number of benzene rings is 1. The summed E-state index contributed by atoms with van der Waals surface area (Å²) >= 11 is 0. The van der Waals surface area contributed by atoms with E-state index in [-0.39, 0.29) is 0 Å². The van der Waals surface area contributed by atoms with Gasteiger partial charge in [0, 0.05) is 17.1 Å². The molecule has 1 aromatic carbocycles. The zero-order chi connectivity index (χ0) is 9.26. The largest absolute Gasteiger partial charge is 0.366 e. The second-order valence-electron chi connectivity index (χ2n) is 2.65. The number of hydrogen-bond donors (Lipinski definition) is 1. The van der Waals surface area contributed by atoms with Crippen molar-refractivity contribution in [2.24, 2.45) is 5.73 Å². The molecule has 63 valence electrons. The number of pyridine rings is 1. The van der Waals surface area contributed by atoms with Crippen LogP contribution in [0.1, 0.15) is 10.4 Å². The lowest BCUT2D eigenvalue weighted by molar-refractivity contribution is 0.100. The van der Waals surface area contributed by atoms with Crippen LogP contribution in [0, 0.1) is 6.07 Å². The van der Waals surface area contributed by atoms with Gasteiger partial charge in [-0.3, -0.25) is 9.78 Å². The molecule has 13 heavy (non-hydrogen) atoms. The Balaban J connectivity index is 2.83. The summed E-state index contributed by atoms with van der Waals surface area (Å²) in [7, 11) is 0. The summed E-state index contributed by atoms with van der Waals surface area (Å²) in [4.78, 5) is 15.1. The topological polar surface area (TPSA) is 56.0 Å². The average Bonchev–Trinajstić information content (AvgIpc) is 2.17. The maximum Gasteiger partial charge on any atom is 0.249 e. The molecular formula is C10H7N2O. The Labute approximate surface area is 75.2 Å². The van der Waals surface area contributed by atoms with Gasteiger partial charge >= 0.3 is 0 Å². The van der Waals surface area contributed by atoms with Crippen molar-refractivity contribution in [1.82, 2.24) is 4.98 Å². The Hall–Kier alpha value is -1.90. The van der Waals surface area contributed by atoms with Crippen LogP contribution < -0.4 is 5.73 Å². The highest BCUT2D eigenvalue weighted by atomic mass is 16.1. The van der Waals surface area contributed by atoms with Crippen molar-refractivity contribution in [3.8, 4) is 0 Å². The number of nitrogens with zero attached hydrogens (tertiary/aromatic N) is 1. The van der Waals surface area contributed by atoms with E-state index in [0.717, 1.165) is 5.52 Å². The van der Waals surface area contributed by atoms with Crippen LogP contribution in [0.4, 0.5) is 0 Å². The highest BCUT2D eigenvalue weighted by molar-refractivity contribution is 6.05. The molecule has 1 heterocycles. The minimum atomic E-state index is -0.449. The van der Waals surface area contributed by atoms with Crippen LogP contribution in [0.25, 0.3) is 10.9 Å². The van der Waals surface area contributed by atoms with Gasteiger partial charge in [0.1, 0.15) is 0 Å². The lowest BCUT2D eigenvalue weighted by Crippen LogP contribution is -2.11. The summed E-state index contributed by atoms with van der Waals surface area (Å²) < 4.78 is 0. The molecule has 0 aliphatic rings. The summed E-state index contributed by atoms with van der Waals surface area (Å²) in [5.74, 6) is -0.449. The van der Waals surface area contributed by atoms with Gasteiger partial charge in [-0.25, -0.2) is 0 Å². The van der Waals surface area contributed by atoms with Gasteiger partial charge in [-0.2, -0.15) is 0 Å². The highest BCUT2D eigenvalue weighted by Crippen LogP contribution is 2.14. The van der Waals surface area contributed by atoms with E-state index in [1.807, 2.05) is 6.07 Å². The van der Waals surface area contributed by atoms with Crippen molar-refractivity contribution in [3.63, 3.8) is 0 Å². The van der Waals surface area contributed by atoms with Crippen molar-refractivity contribution in [3.05, 3.63) is 42.1 Å². The standard InChI is InChI=1S/C10H7N2O/c11-10(13)8-3-1-5-9-7(8)4-2-6-12-9/h1-3,5-6H,(H2,11,13). The number of carbonyl (C=O) groups excluding carboxylic acids is 1. The SMILES string of the molecule is NC(=O)c1cccc2ncc[c]c12. The first kappa shape index (κ1) is 7.73. The van der Waals surface area contributed by atoms with Crippen LogP contribution >= 0.6 is 0 Å². The summed E-state index contributed by atoms with van der Waals surface area (Å²) in [6.07, 6.45) is 1.63. The lowest BCUT2D eigenvalue weighted by atomic mass is 10.1. The second kappa shape index (κ2) is 2.86. The van der Waals surface area contributed by atoms with Crippen LogP contribution in [0.3, 0.4) is 0 Å². The van der Waals surface area contributed by atoms with Crippen molar-refractivity contribution >= 4 is 16.8 Å². The molecule has 1 radical (unpaired) electrons. The lowest BCUT2D eigenvalue weighted by Gasteiger charge is -1.99. The monoisotopic (exact) mass is 171 g/mol. The number of primary amides is 1. The number of hydrogen-bond acceptors (Lipinski definition) is 2. The quantitative estimate of drug-likeness (QED) is 0.699. The van der Waals surface area contributed by atoms with Gasteiger partial charge < -0.3 is 5.73 Å². The molecule has 0 aliphatic heterocycles. The molecule has 2 rings (SSSR count). The molecule has 1 amide bonds. The fraction of sp³-hybridized carbons (Fsp3) is 0. The number of amides is 1. The minimum absolute atomic E-state index is 0.449. The van der Waals surface area contributed by atoms with Gasteiger partial charge in [0.2, 0.25) is 5.91 Å². The second-order valence-corrected chi connectivity index (χ2v) is 2.65. The predicted octanol–water partition coefficient (Wildman–Crippen LogP) is 1.13. The third kappa shape index (κ3) is 1.24. The third-order valence-electron chi connectivity index (χ3n) is 1.82. The summed E-state index contributed by atoms with van der Waals surface area (Å²) in [6, 6.07) is 9.84. The third-order valence-corrected chi connectivity index (χ3v) is 1.82. The Bertz CT molecular complexity index is 460. The van der Waals surface area contributed by atoms with Gasteiger partial charge in [-0.05, 0) is 24.3 Å². The van der Waals surface area contributed by atoms with Gasteiger partial charge in [0.05, 0.1) is 5.52 Å². The molecule has 0 saturated carbocycles. The van der Waals surface area contributed by atoms with Gasteiger partial charge in [0.15, 0.2) is 0 Å². The predicted molar refractivity (Wildman–Crippen MR) is 49.1 cm³/mol. The van der Waals surface area contributed by atoms with Crippen LogP contribution in [-0.4, -0.2) is 10.9 Å². The molecule has 0 spiro atoms. The van der Waals surface area contributed by atoms with E-state index < -0.39 is 5.91 Å². The van der Waals surface area contributed by atoms with Crippen molar-refractivity contribution in [2.75, 3.05) is 0 Å². The maximum atomic E-state index is 11.0. The highest BCUT2D eigenvalue weighted by Gasteiger charge is 2.05. The Morgan fingerprint density at radius 2 is 2.31 bits per heavy atom. The van der Waals surface area contributed by atoms with Crippen LogP contribution in [-0.2, 0) is 0 Å². The Kier molecular flexibility index (Phi) is 1.70. The molecular weight excluding hydrogens is 164 g/mol. The molecule has 2 N–H and O–H groups in total. The molecule has 3 heteroatoms. The maximum absolute atomic E-state index is 11.0. The first-order valence-corrected chi connectivity index (χ1v) is 3.84. The van der Waals surface area contributed by atoms with E-state index in [9.17, 15) is 4.79 Å². The van der Waals surface area contributed by atoms with Crippen molar-refractivity contribution in [1.29, 1.82) is 0 Å². The zero-order valence-corrected chi connectivity index (χ0v) is 6.82. The number of rotatable bonds is 1. The summed E-state index contributed by atoms with van der Waals surface area (Å²) in [5.41, 5.74) is 6.39. The molecule has 0 unspecified atom stereocenters. The summed E-state index contributed by atoms with van der Waals surface area (Å²) in [6.45, 7) is 0. The van der Waals surface area contributed by atoms with Gasteiger partial charge in [0.25, 0.3) is 0 Å². The average molecular weight is 171 g/mol. The van der Waals surface area contributed by atoms with Crippen LogP contribution in [0.5, 0.6) is 0 Å². The number of aromatic nitrogens is 1. The molecule has 2 aromatic rings. The fourth-order valence-electron chi connectivity index (χ4n) is 1.24. The van der Waals surface area contributed by atoms with E-state index >= 15 is 0 Å². The molecule has 1 aromatic heterocycles. The van der Waals surface area contributed by atoms with E-state index in [4.69, 9.17) is 5.73 Å². The molecule has 0 atom stereocenters. The Morgan fingerprint density at radius 3 is 3.08 bits per heavy atom. The molecule has 3 nitrogen and oxygen atoms in total. The van der Waals surface area contributed by atoms with E-state index in [1.54, 1.807) is 24.4 Å². The smallest absolute Gasteiger partial charge is 0.249 e.